The van der Waals surface area contributed by atoms with Crippen LogP contribution in [0, 0.1) is 0 Å². The minimum Gasteiger partial charge on any atom is -0.507 e. The van der Waals surface area contributed by atoms with Gasteiger partial charge in [0.1, 0.15) is 5.75 Å². The number of aromatic hydroxyl groups is 1. The van der Waals surface area contributed by atoms with Crippen molar-refractivity contribution in [1.29, 1.82) is 0 Å². The summed E-state index contributed by atoms with van der Waals surface area (Å²) >= 11 is 3.41. The lowest BCUT2D eigenvalue weighted by molar-refractivity contribution is 0.472. The Labute approximate surface area is 119 Å². The highest BCUT2D eigenvalue weighted by molar-refractivity contribution is 9.10. The number of pyridine rings is 1. The van der Waals surface area contributed by atoms with Gasteiger partial charge in [0.15, 0.2) is 0 Å². The molecule has 1 aliphatic heterocycles. The van der Waals surface area contributed by atoms with E-state index in [9.17, 15) is 5.11 Å². The van der Waals surface area contributed by atoms with Crippen molar-refractivity contribution in [3.63, 3.8) is 0 Å². The summed E-state index contributed by atoms with van der Waals surface area (Å²) in [7, 11) is 0. The number of hydrogen-bond acceptors (Lipinski definition) is 4. The summed E-state index contributed by atoms with van der Waals surface area (Å²) in [6.07, 6.45) is 5.59. The fourth-order valence-corrected chi connectivity index (χ4v) is 2.39. The quantitative estimate of drug-likeness (QED) is 0.797. The monoisotopic (exact) mass is 317 g/mol. The summed E-state index contributed by atoms with van der Waals surface area (Å²) in [5.74, 6) is 0.246. The maximum absolute atomic E-state index is 9.91. The van der Waals surface area contributed by atoms with Crippen molar-refractivity contribution in [2.75, 3.05) is 0 Å². The molecule has 3 rings (SSSR count). The van der Waals surface area contributed by atoms with E-state index in [4.69, 9.17) is 0 Å². The molecule has 2 heterocycles. The molecule has 1 aromatic carbocycles. The molecule has 1 atom stereocenters. The highest BCUT2D eigenvalue weighted by Crippen LogP contribution is 2.31. The minimum absolute atomic E-state index is 0.0436. The molecule has 0 fully saturated rings. The summed E-state index contributed by atoms with van der Waals surface area (Å²) < 4.78 is 0.924. The van der Waals surface area contributed by atoms with E-state index in [1.54, 1.807) is 18.3 Å². The van der Waals surface area contributed by atoms with Crippen molar-refractivity contribution in [3.05, 3.63) is 64.4 Å². The maximum Gasteiger partial charge on any atom is 0.124 e. The van der Waals surface area contributed by atoms with Gasteiger partial charge in [0.2, 0.25) is 0 Å². The summed E-state index contributed by atoms with van der Waals surface area (Å²) in [5, 5.41) is 9.91. The second kappa shape index (κ2) is 5.03. The first-order chi connectivity index (χ1) is 9.24. The molecular formula is C14H12BrN3O. The molecule has 0 aliphatic carbocycles. The number of hydrazine groups is 1. The van der Waals surface area contributed by atoms with Crippen molar-refractivity contribution in [2.24, 2.45) is 0 Å². The number of phenolic OH excluding ortho intramolecular Hbond substituents is 1. The van der Waals surface area contributed by atoms with E-state index in [0.717, 1.165) is 21.3 Å². The van der Waals surface area contributed by atoms with Crippen molar-refractivity contribution in [1.82, 2.24) is 15.8 Å². The summed E-state index contributed by atoms with van der Waals surface area (Å²) in [5.41, 5.74) is 8.93. The molecule has 0 spiro atoms. The molecule has 0 bridgehead atoms. The summed E-state index contributed by atoms with van der Waals surface area (Å²) in [4.78, 5) is 4.10. The largest absolute Gasteiger partial charge is 0.507 e. The van der Waals surface area contributed by atoms with Gasteiger partial charge in [-0.3, -0.25) is 4.98 Å². The first-order valence-corrected chi connectivity index (χ1v) is 6.65. The molecule has 5 heteroatoms. The van der Waals surface area contributed by atoms with Crippen LogP contribution in [-0.2, 0) is 0 Å². The zero-order valence-electron chi connectivity index (χ0n) is 9.97. The van der Waals surface area contributed by atoms with Crippen molar-refractivity contribution < 1.29 is 5.11 Å². The number of halogens is 1. The molecule has 1 unspecified atom stereocenters. The minimum atomic E-state index is 0.0436. The average molecular weight is 318 g/mol. The van der Waals surface area contributed by atoms with Gasteiger partial charge in [-0.1, -0.05) is 22.0 Å². The van der Waals surface area contributed by atoms with Gasteiger partial charge in [-0.15, -0.1) is 0 Å². The zero-order chi connectivity index (χ0) is 13.2. The molecule has 19 heavy (non-hydrogen) atoms. The van der Waals surface area contributed by atoms with Crippen LogP contribution in [-0.4, -0.2) is 10.1 Å². The lowest BCUT2D eigenvalue weighted by Crippen LogP contribution is -2.26. The van der Waals surface area contributed by atoms with Gasteiger partial charge >= 0.3 is 0 Å². The lowest BCUT2D eigenvalue weighted by Gasteiger charge is -2.08. The van der Waals surface area contributed by atoms with E-state index < -0.39 is 0 Å². The Morgan fingerprint density at radius 2 is 2.16 bits per heavy atom. The van der Waals surface area contributed by atoms with Gasteiger partial charge in [-0.25, -0.2) is 5.43 Å². The van der Waals surface area contributed by atoms with Crippen molar-refractivity contribution >= 4 is 21.6 Å². The molecule has 0 saturated carbocycles. The van der Waals surface area contributed by atoms with Crippen LogP contribution in [0.3, 0.4) is 0 Å². The van der Waals surface area contributed by atoms with E-state index >= 15 is 0 Å². The van der Waals surface area contributed by atoms with Crippen molar-refractivity contribution in [2.45, 2.75) is 6.04 Å². The van der Waals surface area contributed by atoms with Crippen LogP contribution in [0.15, 0.2) is 53.3 Å². The molecular weight excluding hydrogens is 306 g/mol. The number of benzene rings is 1. The Hall–Kier alpha value is -1.85. The molecule has 1 aromatic heterocycles. The molecule has 96 valence electrons. The van der Waals surface area contributed by atoms with Crippen LogP contribution in [0.2, 0.25) is 0 Å². The zero-order valence-corrected chi connectivity index (χ0v) is 11.6. The summed E-state index contributed by atoms with van der Waals surface area (Å²) in [6, 6.07) is 9.30. The van der Waals surface area contributed by atoms with Gasteiger partial charge in [0.25, 0.3) is 0 Å². The third-order valence-electron chi connectivity index (χ3n) is 2.99. The van der Waals surface area contributed by atoms with Crippen LogP contribution in [0.1, 0.15) is 17.2 Å². The third-order valence-corrected chi connectivity index (χ3v) is 3.48. The third kappa shape index (κ3) is 2.47. The van der Waals surface area contributed by atoms with Crippen LogP contribution in [0.4, 0.5) is 0 Å². The number of rotatable bonds is 2. The number of phenols is 1. The van der Waals surface area contributed by atoms with Gasteiger partial charge < -0.3 is 10.5 Å². The number of aromatic nitrogens is 1. The van der Waals surface area contributed by atoms with Crippen LogP contribution in [0.25, 0.3) is 5.70 Å². The van der Waals surface area contributed by atoms with Crippen LogP contribution >= 0.6 is 15.9 Å². The lowest BCUT2D eigenvalue weighted by atomic mass is 10.1. The number of nitrogens with one attached hydrogen (secondary N) is 2. The average Bonchev–Trinajstić information content (AvgIpc) is 2.92. The molecule has 0 amide bonds. The van der Waals surface area contributed by atoms with Gasteiger partial charge in [-0.05, 0) is 35.9 Å². The fourth-order valence-electron chi connectivity index (χ4n) is 2.03. The Kier molecular flexibility index (Phi) is 3.23. The summed E-state index contributed by atoms with van der Waals surface area (Å²) in [6.45, 7) is 0. The predicted octanol–water partition coefficient (Wildman–Crippen LogP) is 2.74. The number of hydrogen-bond donors (Lipinski definition) is 3. The highest BCUT2D eigenvalue weighted by atomic mass is 79.9. The molecule has 3 N–H and O–H groups in total. The van der Waals surface area contributed by atoms with E-state index in [0.29, 0.717) is 0 Å². The van der Waals surface area contributed by atoms with E-state index in [1.165, 1.54) is 0 Å². The molecule has 2 aromatic rings. The van der Waals surface area contributed by atoms with Crippen molar-refractivity contribution in [3.8, 4) is 5.75 Å². The second-order valence-corrected chi connectivity index (χ2v) is 5.19. The van der Waals surface area contributed by atoms with E-state index in [1.807, 2.05) is 30.5 Å². The molecule has 0 radical (unpaired) electrons. The Bertz CT molecular complexity index is 628. The first kappa shape index (κ1) is 12.2. The van der Waals surface area contributed by atoms with E-state index in [-0.39, 0.29) is 11.8 Å². The maximum atomic E-state index is 9.91. The Morgan fingerprint density at radius 3 is 2.95 bits per heavy atom. The van der Waals surface area contributed by atoms with Crippen LogP contribution in [0.5, 0.6) is 5.75 Å². The fraction of sp³-hybridized carbons (Fsp3) is 0.0714. The SMILES string of the molecule is Oc1ccc(Br)cc1C1=CC(c2cccnc2)NN1. The topological polar surface area (TPSA) is 57.2 Å². The number of nitrogens with zero attached hydrogens (tertiary/aromatic N) is 1. The van der Waals surface area contributed by atoms with Gasteiger partial charge in [0.05, 0.1) is 11.7 Å². The van der Waals surface area contributed by atoms with Gasteiger partial charge in [0, 0.05) is 22.4 Å². The standard InChI is InChI=1S/C14H12BrN3O/c15-10-3-4-14(19)11(6-10)13-7-12(17-18-13)9-2-1-5-16-8-9/h1-8,12,17-19H. The first-order valence-electron chi connectivity index (χ1n) is 5.86. The van der Waals surface area contributed by atoms with E-state index in [2.05, 4.69) is 31.8 Å². The second-order valence-electron chi connectivity index (χ2n) is 4.28. The Balaban J connectivity index is 1.93. The normalized spacial score (nSPS) is 17.9. The molecule has 1 aliphatic rings. The molecule has 0 saturated heterocycles. The smallest absolute Gasteiger partial charge is 0.124 e. The Morgan fingerprint density at radius 1 is 1.26 bits per heavy atom. The predicted molar refractivity (Wildman–Crippen MR) is 77.0 cm³/mol. The van der Waals surface area contributed by atoms with Crippen LogP contribution < -0.4 is 10.9 Å². The van der Waals surface area contributed by atoms with Gasteiger partial charge in [-0.2, -0.15) is 0 Å². The highest BCUT2D eigenvalue weighted by Gasteiger charge is 2.19. The molecule has 4 nitrogen and oxygen atoms in total.